The predicted molar refractivity (Wildman–Crippen MR) is 47.7 cm³/mol. The van der Waals surface area contributed by atoms with E-state index in [1.807, 2.05) is 0 Å². The Morgan fingerprint density at radius 2 is 1.92 bits per heavy atom. The third-order valence-electron chi connectivity index (χ3n) is 1.33. The molecule has 70 valence electrons. The topological polar surface area (TPSA) is 63.6 Å². The maximum Gasteiger partial charge on any atom is 0.410 e. The van der Waals surface area contributed by atoms with E-state index >= 15 is 0 Å². The third-order valence-corrected chi connectivity index (χ3v) is 2.79. The predicted octanol–water partition coefficient (Wildman–Crippen LogP) is 1.06. The molecule has 13 heavy (non-hydrogen) atoms. The first kappa shape index (κ1) is 9.96. The van der Waals surface area contributed by atoms with Gasteiger partial charge in [-0.1, -0.05) is 18.2 Å². The van der Waals surface area contributed by atoms with Crippen LogP contribution in [0.15, 0.2) is 30.3 Å². The first-order valence-electron chi connectivity index (χ1n) is 3.61. The van der Waals surface area contributed by atoms with Crippen molar-refractivity contribution in [3.63, 3.8) is 0 Å². The van der Waals surface area contributed by atoms with E-state index < -0.39 is 13.6 Å². The second-order valence-electron chi connectivity index (χ2n) is 2.44. The summed E-state index contributed by atoms with van der Waals surface area (Å²) in [6, 6.07) is 7.77. The van der Waals surface area contributed by atoms with E-state index in [-0.39, 0.29) is 5.30 Å². The fourth-order valence-corrected chi connectivity index (χ4v) is 1.85. The molecule has 1 atom stereocenters. The normalized spacial score (nSPS) is 14.6. The van der Waals surface area contributed by atoms with Crippen LogP contribution < -0.4 is 5.30 Å². The van der Waals surface area contributed by atoms with Crippen molar-refractivity contribution in [3.05, 3.63) is 30.3 Å². The van der Waals surface area contributed by atoms with Crippen LogP contribution in [0.25, 0.3) is 0 Å². The molecule has 1 rings (SSSR count). The fraction of sp³-hybridized carbons (Fsp3) is 0.125. The van der Waals surface area contributed by atoms with E-state index in [0.717, 1.165) is 6.92 Å². The highest BCUT2D eigenvalue weighted by Crippen LogP contribution is 2.40. The molecule has 0 bridgehead atoms. The number of hydrogen-bond donors (Lipinski definition) is 1. The Morgan fingerprint density at radius 1 is 1.38 bits per heavy atom. The van der Waals surface area contributed by atoms with E-state index in [2.05, 4.69) is 4.52 Å². The molecule has 5 heteroatoms. The van der Waals surface area contributed by atoms with Gasteiger partial charge in [-0.25, -0.2) is 4.57 Å². The molecule has 1 aromatic rings. The van der Waals surface area contributed by atoms with Crippen molar-refractivity contribution in [1.29, 1.82) is 0 Å². The van der Waals surface area contributed by atoms with Crippen LogP contribution >= 0.6 is 7.60 Å². The van der Waals surface area contributed by atoms with Gasteiger partial charge in [-0.2, -0.15) is 0 Å². The number of carbonyl (C=O) groups is 1. The molecular weight excluding hydrogens is 191 g/mol. The average Bonchev–Trinajstić information content (AvgIpc) is 2.04. The second kappa shape index (κ2) is 3.73. The van der Waals surface area contributed by atoms with Gasteiger partial charge in [-0.3, -0.25) is 4.79 Å². The minimum atomic E-state index is -3.95. The number of rotatable bonds is 2. The van der Waals surface area contributed by atoms with Gasteiger partial charge >= 0.3 is 13.6 Å². The summed E-state index contributed by atoms with van der Waals surface area (Å²) in [7, 11) is -3.95. The van der Waals surface area contributed by atoms with Gasteiger partial charge < -0.3 is 9.42 Å². The molecule has 0 amide bonds. The molecule has 0 aliphatic heterocycles. The van der Waals surface area contributed by atoms with Crippen LogP contribution in [-0.2, 0) is 13.9 Å². The lowest BCUT2D eigenvalue weighted by Crippen LogP contribution is -2.08. The summed E-state index contributed by atoms with van der Waals surface area (Å²) in [6.45, 7) is 1.09. The SMILES string of the molecule is CC(=O)OP(=O)(O)c1ccccc1. The average molecular weight is 200 g/mol. The van der Waals surface area contributed by atoms with Crippen LogP contribution in [0.4, 0.5) is 0 Å². The number of hydrogen-bond acceptors (Lipinski definition) is 3. The lowest BCUT2D eigenvalue weighted by molar-refractivity contribution is -0.132. The molecule has 0 aliphatic carbocycles. The van der Waals surface area contributed by atoms with E-state index in [1.165, 1.54) is 12.1 Å². The summed E-state index contributed by atoms with van der Waals surface area (Å²) in [6.07, 6.45) is 0. The smallest absolute Gasteiger partial charge is 0.389 e. The quantitative estimate of drug-likeness (QED) is 0.725. The monoisotopic (exact) mass is 200 g/mol. The molecule has 0 aliphatic rings. The van der Waals surface area contributed by atoms with E-state index in [9.17, 15) is 14.3 Å². The molecule has 0 saturated carbocycles. The zero-order valence-corrected chi connectivity index (χ0v) is 7.90. The zero-order chi connectivity index (χ0) is 9.90. The van der Waals surface area contributed by atoms with E-state index in [1.54, 1.807) is 18.2 Å². The molecular formula is C8H9O4P. The molecule has 1 N–H and O–H groups in total. The molecule has 0 heterocycles. The largest absolute Gasteiger partial charge is 0.410 e. The summed E-state index contributed by atoms with van der Waals surface area (Å²) in [5.74, 6) is -0.769. The summed E-state index contributed by atoms with van der Waals surface area (Å²) >= 11 is 0. The maximum absolute atomic E-state index is 11.3. The molecule has 0 fully saturated rings. The zero-order valence-electron chi connectivity index (χ0n) is 7.01. The molecule has 1 unspecified atom stereocenters. The van der Waals surface area contributed by atoms with Gasteiger partial charge in [0.25, 0.3) is 0 Å². The fourth-order valence-electron chi connectivity index (χ4n) is 0.843. The van der Waals surface area contributed by atoms with Crippen LogP contribution in [0.3, 0.4) is 0 Å². The van der Waals surface area contributed by atoms with Crippen molar-refractivity contribution in [2.24, 2.45) is 0 Å². The van der Waals surface area contributed by atoms with Gasteiger partial charge in [0.15, 0.2) is 0 Å². The number of carbonyl (C=O) groups excluding carboxylic acids is 1. The minimum Gasteiger partial charge on any atom is -0.389 e. The maximum atomic E-state index is 11.3. The van der Waals surface area contributed by atoms with Crippen LogP contribution in [0.5, 0.6) is 0 Å². The molecule has 0 radical (unpaired) electrons. The van der Waals surface area contributed by atoms with Crippen LogP contribution in [0.2, 0.25) is 0 Å². The van der Waals surface area contributed by atoms with Gasteiger partial charge in [-0.05, 0) is 12.1 Å². The van der Waals surface area contributed by atoms with Crippen molar-refractivity contribution in [3.8, 4) is 0 Å². The lowest BCUT2D eigenvalue weighted by Gasteiger charge is -2.09. The summed E-state index contributed by atoms with van der Waals surface area (Å²) < 4.78 is 15.6. The van der Waals surface area contributed by atoms with Crippen molar-refractivity contribution < 1.29 is 18.8 Å². The first-order chi connectivity index (χ1) is 6.02. The Morgan fingerprint density at radius 3 is 2.38 bits per heavy atom. The van der Waals surface area contributed by atoms with Crippen molar-refractivity contribution >= 4 is 18.9 Å². The second-order valence-corrected chi connectivity index (χ2v) is 4.18. The van der Waals surface area contributed by atoms with Crippen molar-refractivity contribution in [2.75, 3.05) is 0 Å². The van der Waals surface area contributed by atoms with Crippen molar-refractivity contribution in [2.45, 2.75) is 6.92 Å². The Hall–Kier alpha value is -1.12. The molecule has 4 nitrogen and oxygen atoms in total. The standard InChI is InChI=1S/C8H9O4P/c1-7(9)12-13(10,11)8-5-3-2-4-6-8/h2-6H,1H3,(H,10,11). The van der Waals surface area contributed by atoms with Gasteiger partial charge in [-0.15, -0.1) is 0 Å². The molecule has 0 saturated heterocycles. The number of benzene rings is 1. The Kier molecular flexibility index (Phi) is 2.86. The van der Waals surface area contributed by atoms with E-state index in [0.29, 0.717) is 0 Å². The molecule has 0 spiro atoms. The summed E-state index contributed by atoms with van der Waals surface area (Å²) in [5, 5.41) is 0.116. The van der Waals surface area contributed by atoms with Gasteiger partial charge in [0.2, 0.25) is 0 Å². The first-order valence-corrected chi connectivity index (χ1v) is 5.19. The Labute approximate surface area is 75.7 Å². The van der Waals surface area contributed by atoms with Crippen LogP contribution in [0.1, 0.15) is 6.92 Å². The Bertz CT molecular complexity index is 346. The van der Waals surface area contributed by atoms with Gasteiger partial charge in [0, 0.05) is 6.92 Å². The van der Waals surface area contributed by atoms with E-state index in [4.69, 9.17) is 0 Å². The highest BCUT2D eigenvalue weighted by atomic mass is 31.2. The van der Waals surface area contributed by atoms with Crippen LogP contribution in [-0.4, -0.2) is 10.9 Å². The molecule has 0 aromatic heterocycles. The lowest BCUT2D eigenvalue weighted by atomic mass is 10.4. The van der Waals surface area contributed by atoms with Crippen LogP contribution in [0, 0.1) is 0 Å². The Balaban J connectivity index is 2.95. The van der Waals surface area contributed by atoms with Crippen molar-refractivity contribution in [1.82, 2.24) is 0 Å². The highest BCUT2D eigenvalue weighted by Gasteiger charge is 2.24. The third kappa shape index (κ3) is 2.68. The van der Waals surface area contributed by atoms with Gasteiger partial charge in [0.1, 0.15) is 0 Å². The summed E-state index contributed by atoms with van der Waals surface area (Å²) in [5.41, 5.74) is 0. The highest BCUT2D eigenvalue weighted by molar-refractivity contribution is 7.61. The van der Waals surface area contributed by atoms with Gasteiger partial charge in [0.05, 0.1) is 5.30 Å². The molecule has 1 aromatic carbocycles. The minimum absolute atomic E-state index is 0.116. The summed E-state index contributed by atoms with van der Waals surface area (Å²) in [4.78, 5) is 19.7.